The van der Waals surface area contributed by atoms with Gasteiger partial charge in [-0.3, -0.25) is 4.79 Å². The molecule has 1 aromatic rings. The minimum absolute atomic E-state index is 0.0358. The smallest absolute Gasteiger partial charge is 0.253 e. The minimum atomic E-state index is -0.770. The second-order valence-electron chi connectivity index (χ2n) is 5.79. The van der Waals surface area contributed by atoms with E-state index in [0.717, 1.165) is 25.7 Å². The summed E-state index contributed by atoms with van der Waals surface area (Å²) >= 11 is 6.06. The van der Waals surface area contributed by atoms with Crippen LogP contribution in [-0.4, -0.2) is 34.2 Å². The number of amides is 1. The third kappa shape index (κ3) is 4.32. The van der Waals surface area contributed by atoms with Gasteiger partial charge in [0.1, 0.15) is 5.02 Å². The van der Waals surface area contributed by atoms with Gasteiger partial charge in [-0.2, -0.15) is 0 Å². The van der Waals surface area contributed by atoms with E-state index in [1.54, 1.807) is 0 Å². The molecule has 0 saturated heterocycles. The topological polar surface area (TPSA) is 71.5 Å². The molecule has 0 atom stereocenters. The number of pyridine rings is 1. The predicted molar refractivity (Wildman–Crippen MR) is 80.8 cm³/mol. The van der Waals surface area contributed by atoms with E-state index in [-0.39, 0.29) is 18.6 Å². The van der Waals surface area contributed by atoms with Crippen LogP contribution in [0.5, 0.6) is 5.88 Å². The number of nitrogens with one attached hydrogen (secondary N) is 1. The summed E-state index contributed by atoms with van der Waals surface area (Å²) in [6.45, 7) is 4.01. The third-order valence-corrected chi connectivity index (χ3v) is 3.80. The summed E-state index contributed by atoms with van der Waals surface area (Å²) in [6, 6.07) is 1.53. The van der Waals surface area contributed by atoms with E-state index < -0.39 is 5.60 Å². The Morgan fingerprint density at radius 1 is 1.52 bits per heavy atom. The molecule has 6 heteroatoms. The Kier molecular flexibility index (Phi) is 5.06. The molecule has 1 fully saturated rings. The van der Waals surface area contributed by atoms with Crippen molar-refractivity contribution in [2.24, 2.45) is 0 Å². The molecule has 1 amide bonds. The molecule has 0 spiro atoms. The molecule has 0 bridgehead atoms. The lowest BCUT2D eigenvalue weighted by molar-refractivity contribution is 0.0449. The molecule has 1 aromatic heterocycles. The highest BCUT2D eigenvalue weighted by Crippen LogP contribution is 2.29. The fourth-order valence-corrected chi connectivity index (χ4v) is 2.63. The van der Waals surface area contributed by atoms with Crippen LogP contribution < -0.4 is 10.1 Å². The molecule has 0 aromatic carbocycles. The molecule has 0 radical (unpaired) electrons. The fourth-order valence-electron chi connectivity index (χ4n) is 2.42. The van der Waals surface area contributed by atoms with Crippen molar-refractivity contribution in [3.05, 3.63) is 22.8 Å². The fraction of sp³-hybridized carbons (Fsp3) is 0.600. The van der Waals surface area contributed by atoms with Crippen molar-refractivity contribution in [1.29, 1.82) is 0 Å². The number of ether oxygens (including phenoxy) is 1. The number of carbonyl (C=O) groups is 1. The molecule has 1 saturated carbocycles. The predicted octanol–water partition coefficient (Wildman–Crippen LogP) is 2.56. The van der Waals surface area contributed by atoms with E-state index in [0.29, 0.717) is 16.5 Å². The van der Waals surface area contributed by atoms with Gasteiger partial charge in [-0.1, -0.05) is 24.4 Å². The van der Waals surface area contributed by atoms with Crippen LogP contribution in [0.3, 0.4) is 0 Å². The lowest BCUT2D eigenvalue weighted by atomic mass is 10.0. The maximum absolute atomic E-state index is 12.1. The van der Waals surface area contributed by atoms with Gasteiger partial charge in [0.05, 0.1) is 17.3 Å². The number of aliphatic hydroxyl groups is 1. The molecule has 21 heavy (non-hydrogen) atoms. The zero-order valence-electron chi connectivity index (χ0n) is 12.4. The van der Waals surface area contributed by atoms with Crippen LogP contribution >= 0.6 is 11.6 Å². The molecule has 1 heterocycles. The third-order valence-electron chi connectivity index (χ3n) is 3.53. The van der Waals surface area contributed by atoms with E-state index >= 15 is 0 Å². The molecule has 2 rings (SSSR count). The number of hydrogen-bond donors (Lipinski definition) is 2. The highest BCUT2D eigenvalue weighted by molar-refractivity contribution is 6.32. The summed E-state index contributed by atoms with van der Waals surface area (Å²) in [5.41, 5.74) is -0.411. The van der Waals surface area contributed by atoms with E-state index in [1.165, 1.54) is 12.3 Å². The van der Waals surface area contributed by atoms with E-state index in [4.69, 9.17) is 16.3 Å². The minimum Gasteiger partial charge on any atom is -0.474 e. The molecule has 5 nitrogen and oxygen atoms in total. The van der Waals surface area contributed by atoms with Gasteiger partial charge in [0.15, 0.2) is 0 Å². The van der Waals surface area contributed by atoms with Crippen LogP contribution in [0.2, 0.25) is 5.02 Å². The number of nitrogens with zero attached hydrogens (tertiary/aromatic N) is 1. The SMILES string of the molecule is CC(C)Oc1ncc(C(=O)NCC2(O)CCCC2)cc1Cl. The van der Waals surface area contributed by atoms with Crippen molar-refractivity contribution >= 4 is 17.5 Å². The Bertz CT molecular complexity index is 514. The van der Waals surface area contributed by atoms with Crippen molar-refractivity contribution < 1.29 is 14.6 Å². The first kappa shape index (κ1) is 16.0. The largest absolute Gasteiger partial charge is 0.474 e. The van der Waals surface area contributed by atoms with Crippen LogP contribution in [0.1, 0.15) is 49.9 Å². The zero-order valence-corrected chi connectivity index (χ0v) is 13.1. The average Bonchev–Trinajstić information content (AvgIpc) is 2.85. The van der Waals surface area contributed by atoms with Gasteiger partial charge < -0.3 is 15.2 Å². The van der Waals surface area contributed by atoms with E-state index in [1.807, 2.05) is 13.8 Å². The van der Waals surface area contributed by atoms with E-state index in [9.17, 15) is 9.90 Å². The van der Waals surface area contributed by atoms with E-state index in [2.05, 4.69) is 10.3 Å². The Morgan fingerprint density at radius 3 is 2.76 bits per heavy atom. The lowest BCUT2D eigenvalue weighted by Crippen LogP contribution is -2.40. The quantitative estimate of drug-likeness (QED) is 0.876. The van der Waals surface area contributed by atoms with Crippen molar-refractivity contribution in [3.8, 4) is 5.88 Å². The maximum atomic E-state index is 12.1. The number of rotatable bonds is 5. The van der Waals surface area contributed by atoms with Crippen LogP contribution in [0.25, 0.3) is 0 Å². The molecule has 0 unspecified atom stereocenters. The summed E-state index contributed by atoms with van der Waals surface area (Å²) in [6.07, 6.45) is 4.85. The maximum Gasteiger partial charge on any atom is 0.253 e. The second kappa shape index (κ2) is 6.62. The van der Waals surface area contributed by atoms with Crippen molar-refractivity contribution in [2.75, 3.05) is 6.54 Å². The number of carbonyl (C=O) groups excluding carboxylic acids is 1. The first-order valence-electron chi connectivity index (χ1n) is 7.22. The normalized spacial score (nSPS) is 17.0. The Balaban J connectivity index is 1.97. The van der Waals surface area contributed by atoms with Crippen LogP contribution in [0.4, 0.5) is 0 Å². The Hall–Kier alpha value is -1.33. The second-order valence-corrected chi connectivity index (χ2v) is 6.20. The highest BCUT2D eigenvalue weighted by atomic mass is 35.5. The van der Waals surface area contributed by atoms with Crippen molar-refractivity contribution in [1.82, 2.24) is 10.3 Å². The summed E-state index contributed by atoms with van der Waals surface area (Å²) in [7, 11) is 0. The van der Waals surface area contributed by atoms with Crippen LogP contribution in [0, 0.1) is 0 Å². The Morgan fingerprint density at radius 2 is 2.19 bits per heavy atom. The monoisotopic (exact) mass is 312 g/mol. The Labute approximate surface area is 129 Å². The van der Waals surface area contributed by atoms with Crippen LogP contribution in [-0.2, 0) is 0 Å². The van der Waals surface area contributed by atoms with Gasteiger partial charge in [0.25, 0.3) is 5.91 Å². The molecule has 1 aliphatic carbocycles. The van der Waals surface area contributed by atoms with Gasteiger partial charge >= 0.3 is 0 Å². The van der Waals surface area contributed by atoms with Gasteiger partial charge in [-0.25, -0.2) is 4.98 Å². The average molecular weight is 313 g/mol. The summed E-state index contributed by atoms with van der Waals surface area (Å²) in [5.74, 6) is 0.0264. The summed E-state index contributed by atoms with van der Waals surface area (Å²) < 4.78 is 5.42. The molecule has 116 valence electrons. The number of aromatic nitrogens is 1. The van der Waals surface area contributed by atoms with Gasteiger partial charge in [-0.05, 0) is 32.8 Å². The number of halogens is 1. The number of hydrogen-bond acceptors (Lipinski definition) is 4. The van der Waals surface area contributed by atoms with Crippen molar-refractivity contribution in [2.45, 2.75) is 51.2 Å². The zero-order chi connectivity index (χ0) is 15.5. The van der Waals surface area contributed by atoms with Crippen LogP contribution in [0.15, 0.2) is 12.3 Å². The standard InChI is InChI=1S/C15H21ClN2O3/c1-10(2)21-14-12(16)7-11(8-17-14)13(19)18-9-15(20)5-3-4-6-15/h7-8,10,20H,3-6,9H2,1-2H3,(H,18,19). The summed E-state index contributed by atoms with van der Waals surface area (Å²) in [5, 5.41) is 13.3. The summed E-state index contributed by atoms with van der Waals surface area (Å²) in [4.78, 5) is 16.1. The van der Waals surface area contributed by atoms with Gasteiger partial charge in [0.2, 0.25) is 5.88 Å². The molecule has 0 aliphatic heterocycles. The lowest BCUT2D eigenvalue weighted by Gasteiger charge is -2.22. The van der Waals surface area contributed by atoms with Gasteiger partial charge in [0, 0.05) is 12.7 Å². The highest BCUT2D eigenvalue weighted by Gasteiger charge is 2.31. The molecular weight excluding hydrogens is 292 g/mol. The first-order valence-corrected chi connectivity index (χ1v) is 7.60. The molecule has 1 aliphatic rings. The molecule has 2 N–H and O–H groups in total. The first-order chi connectivity index (χ1) is 9.89. The van der Waals surface area contributed by atoms with Gasteiger partial charge in [-0.15, -0.1) is 0 Å². The molecular formula is C15H21ClN2O3. The van der Waals surface area contributed by atoms with Crippen molar-refractivity contribution in [3.63, 3.8) is 0 Å².